The van der Waals surface area contributed by atoms with Gasteiger partial charge < -0.3 is 14.8 Å². The van der Waals surface area contributed by atoms with Gasteiger partial charge >= 0.3 is 11.9 Å². The van der Waals surface area contributed by atoms with Crippen molar-refractivity contribution in [3.05, 3.63) is 35.9 Å². The molecule has 0 unspecified atom stereocenters. The third kappa shape index (κ3) is 6.16. The van der Waals surface area contributed by atoms with Gasteiger partial charge in [0.1, 0.15) is 5.60 Å². The molecule has 1 N–H and O–H groups in total. The molecule has 0 atom stereocenters. The van der Waals surface area contributed by atoms with Gasteiger partial charge in [0.15, 0.2) is 0 Å². The summed E-state index contributed by atoms with van der Waals surface area (Å²) in [7, 11) is 0. The molecule has 0 bridgehead atoms. The largest absolute Gasteiger partial charge is 0.466 e. The molecule has 1 fully saturated rings. The molecular weight excluding hydrogens is 318 g/mol. The lowest BCUT2D eigenvalue weighted by Gasteiger charge is -2.37. The fourth-order valence-electron chi connectivity index (χ4n) is 3.24. The lowest BCUT2D eigenvalue weighted by atomic mass is 9.84. The van der Waals surface area contributed by atoms with Gasteiger partial charge in [0.25, 0.3) is 0 Å². The molecule has 0 amide bonds. The molecule has 0 spiro atoms. The first kappa shape index (κ1) is 19.4. The zero-order chi connectivity index (χ0) is 18.0. The van der Waals surface area contributed by atoms with Crippen LogP contribution in [-0.4, -0.2) is 31.6 Å². The van der Waals surface area contributed by atoms with Gasteiger partial charge in [0, 0.05) is 25.7 Å². The van der Waals surface area contributed by atoms with Crippen molar-refractivity contribution >= 4 is 11.9 Å². The highest BCUT2D eigenvalue weighted by molar-refractivity contribution is 5.70. The van der Waals surface area contributed by atoms with E-state index in [1.807, 2.05) is 30.3 Å². The Morgan fingerprint density at radius 3 is 2.28 bits per heavy atom. The van der Waals surface area contributed by atoms with Crippen molar-refractivity contribution in [2.75, 3.05) is 19.7 Å². The van der Waals surface area contributed by atoms with Gasteiger partial charge in [-0.3, -0.25) is 9.59 Å². The Hall–Kier alpha value is -1.88. The van der Waals surface area contributed by atoms with E-state index in [1.165, 1.54) is 0 Å². The van der Waals surface area contributed by atoms with Crippen LogP contribution in [0.25, 0.3) is 0 Å². The van der Waals surface area contributed by atoms with Gasteiger partial charge in [-0.15, -0.1) is 0 Å². The maximum Gasteiger partial charge on any atom is 0.306 e. The number of benzene rings is 1. The van der Waals surface area contributed by atoms with Crippen LogP contribution < -0.4 is 5.32 Å². The van der Waals surface area contributed by atoms with E-state index in [4.69, 9.17) is 9.47 Å². The number of rotatable bonds is 9. The van der Waals surface area contributed by atoms with E-state index >= 15 is 0 Å². The summed E-state index contributed by atoms with van der Waals surface area (Å²) in [5.41, 5.74) is 0.571. The Morgan fingerprint density at radius 2 is 1.64 bits per heavy atom. The molecule has 5 heteroatoms. The first-order valence-corrected chi connectivity index (χ1v) is 9.30. The van der Waals surface area contributed by atoms with Crippen LogP contribution in [0, 0.1) is 0 Å². The van der Waals surface area contributed by atoms with Crippen LogP contribution >= 0.6 is 0 Å². The number of hydrogen-bond acceptors (Lipinski definition) is 5. The molecule has 5 nitrogen and oxygen atoms in total. The number of piperidine rings is 1. The average molecular weight is 347 g/mol. The second kappa shape index (κ2) is 10.2. The van der Waals surface area contributed by atoms with Gasteiger partial charge in [-0.25, -0.2) is 0 Å². The molecular formula is C20H29NO4. The van der Waals surface area contributed by atoms with E-state index in [1.54, 1.807) is 6.92 Å². The van der Waals surface area contributed by atoms with Crippen molar-refractivity contribution in [1.29, 1.82) is 0 Å². The van der Waals surface area contributed by atoms with E-state index in [2.05, 4.69) is 5.32 Å². The molecule has 0 aromatic heterocycles. The highest BCUT2D eigenvalue weighted by atomic mass is 16.6. The molecule has 1 aromatic rings. The quantitative estimate of drug-likeness (QED) is 0.548. The zero-order valence-electron chi connectivity index (χ0n) is 15.1. The van der Waals surface area contributed by atoms with Crippen molar-refractivity contribution in [3.8, 4) is 0 Å². The normalized spacial score (nSPS) is 16.2. The highest BCUT2D eigenvalue weighted by Crippen LogP contribution is 2.35. The molecule has 0 aliphatic carbocycles. The minimum absolute atomic E-state index is 0.151. The van der Waals surface area contributed by atoms with Gasteiger partial charge in [-0.05, 0) is 38.4 Å². The topological polar surface area (TPSA) is 64.6 Å². The van der Waals surface area contributed by atoms with Crippen LogP contribution in [0.5, 0.6) is 0 Å². The van der Waals surface area contributed by atoms with Crippen LogP contribution in [0.4, 0.5) is 0 Å². The molecule has 1 heterocycles. The Balaban J connectivity index is 1.79. The van der Waals surface area contributed by atoms with E-state index in [-0.39, 0.29) is 11.9 Å². The van der Waals surface area contributed by atoms with Crippen LogP contribution in [-0.2, 0) is 24.7 Å². The highest BCUT2D eigenvalue weighted by Gasteiger charge is 2.37. The second-order valence-electron chi connectivity index (χ2n) is 6.45. The van der Waals surface area contributed by atoms with E-state index < -0.39 is 5.60 Å². The third-order valence-electron chi connectivity index (χ3n) is 4.59. The summed E-state index contributed by atoms with van der Waals surface area (Å²) in [5, 5.41) is 3.33. The van der Waals surface area contributed by atoms with E-state index in [0.717, 1.165) is 50.8 Å². The van der Waals surface area contributed by atoms with Crippen LogP contribution in [0.3, 0.4) is 0 Å². The Bertz CT molecular complexity index is 538. The van der Waals surface area contributed by atoms with Gasteiger partial charge in [-0.1, -0.05) is 36.8 Å². The smallest absolute Gasteiger partial charge is 0.306 e. The summed E-state index contributed by atoms with van der Waals surface area (Å²) in [6, 6.07) is 10.0. The molecule has 0 radical (unpaired) electrons. The summed E-state index contributed by atoms with van der Waals surface area (Å²) in [6.07, 6.45) is 4.72. The van der Waals surface area contributed by atoms with Crippen molar-refractivity contribution in [2.45, 2.75) is 57.5 Å². The molecule has 1 saturated heterocycles. The molecule has 1 aliphatic rings. The van der Waals surface area contributed by atoms with E-state index in [9.17, 15) is 9.59 Å². The van der Waals surface area contributed by atoms with Crippen molar-refractivity contribution in [2.24, 2.45) is 0 Å². The zero-order valence-corrected chi connectivity index (χ0v) is 15.1. The standard InChI is InChI=1S/C20H29NO4/c1-2-24-18(22)11-7-4-8-12-19(23)25-20(13-15-21-16-14-20)17-9-5-3-6-10-17/h3,5-6,9-10,21H,2,4,7-8,11-16H2,1H3. The van der Waals surface area contributed by atoms with Gasteiger partial charge in [0.05, 0.1) is 6.61 Å². The van der Waals surface area contributed by atoms with E-state index in [0.29, 0.717) is 19.4 Å². The fourth-order valence-corrected chi connectivity index (χ4v) is 3.24. The SMILES string of the molecule is CCOC(=O)CCCCCC(=O)OC1(c2ccccc2)CCNCC1. The summed E-state index contributed by atoms with van der Waals surface area (Å²) in [4.78, 5) is 23.6. The number of unbranched alkanes of at least 4 members (excludes halogenated alkanes) is 2. The van der Waals surface area contributed by atoms with Crippen LogP contribution in [0.1, 0.15) is 57.4 Å². The Labute approximate surface area is 150 Å². The Morgan fingerprint density at radius 1 is 1.00 bits per heavy atom. The first-order valence-electron chi connectivity index (χ1n) is 9.30. The maximum atomic E-state index is 12.4. The molecule has 2 rings (SSSR count). The number of carbonyl (C=O) groups is 2. The lowest BCUT2D eigenvalue weighted by Crippen LogP contribution is -2.43. The predicted molar refractivity (Wildman–Crippen MR) is 96.0 cm³/mol. The molecule has 138 valence electrons. The minimum atomic E-state index is -0.505. The lowest BCUT2D eigenvalue weighted by molar-refractivity contribution is -0.164. The van der Waals surface area contributed by atoms with Crippen molar-refractivity contribution < 1.29 is 19.1 Å². The van der Waals surface area contributed by atoms with Crippen molar-refractivity contribution in [3.63, 3.8) is 0 Å². The molecule has 0 saturated carbocycles. The molecule has 25 heavy (non-hydrogen) atoms. The second-order valence-corrected chi connectivity index (χ2v) is 6.45. The molecule has 1 aromatic carbocycles. The van der Waals surface area contributed by atoms with Gasteiger partial charge in [0.2, 0.25) is 0 Å². The number of carbonyl (C=O) groups excluding carboxylic acids is 2. The minimum Gasteiger partial charge on any atom is -0.466 e. The maximum absolute atomic E-state index is 12.4. The fraction of sp³-hybridized carbons (Fsp3) is 0.600. The summed E-state index contributed by atoms with van der Waals surface area (Å²) in [5.74, 6) is -0.315. The number of nitrogens with one attached hydrogen (secondary N) is 1. The van der Waals surface area contributed by atoms with Crippen LogP contribution in [0.2, 0.25) is 0 Å². The number of ether oxygens (including phenoxy) is 2. The monoisotopic (exact) mass is 347 g/mol. The summed E-state index contributed by atoms with van der Waals surface area (Å²) < 4.78 is 10.9. The third-order valence-corrected chi connectivity index (χ3v) is 4.59. The van der Waals surface area contributed by atoms with Gasteiger partial charge in [-0.2, -0.15) is 0 Å². The summed E-state index contributed by atoms with van der Waals surface area (Å²) >= 11 is 0. The summed E-state index contributed by atoms with van der Waals surface area (Å²) in [6.45, 7) is 3.92. The Kier molecular flexibility index (Phi) is 7.92. The number of esters is 2. The number of hydrogen-bond donors (Lipinski definition) is 1. The van der Waals surface area contributed by atoms with Crippen molar-refractivity contribution in [1.82, 2.24) is 5.32 Å². The first-order chi connectivity index (χ1) is 12.2. The molecule has 1 aliphatic heterocycles. The predicted octanol–water partition coefficient (Wildman–Crippen LogP) is 3.32. The van der Waals surface area contributed by atoms with Crippen LogP contribution in [0.15, 0.2) is 30.3 Å². The average Bonchev–Trinajstić information content (AvgIpc) is 2.63.